The molecule has 1 saturated heterocycles. The molecule has 136 valence electrons. The summed E-state index contributed by atoms with van der Waals surface area (Å²) >= 11 is 6.10. The van der Waals surface area contributed by atoms with Crippen molar-refractivity contribution in [2.75, 3.05) is 10.1 Å². The minimum Gasteiger partial charge on any atom is -0.348 e. The van der Waals surface area contributed by atoms with Gasteiger partial charge < -0.3 is 5.32 Å². The molecule has 1 unspecified atom stereocenters. The second kappa shape index (κ2) is 7.09. The van der Waals surface area contributed by atoms with E-state index in [1.54, 1.807) is 6.92 Å². The normalized spacial score (nSPS) is 18.8. The highest BCUT2D eigenvalue weighted by molar-refractivity contribution is 7.94. The van der Waals surface area contributed by atoms with Crippen LogP contribution in [0.25, 0.3) is 0 Å². The summed E-state index contributed by atoms with van der Waals surface area (Å²) in [5.74, 6) is -1.82. The van der Waals surface area contributed by atoms with Gasteiger partial charge in [0.25, 0.3) is 5.91 Å². The first-order chi connectivity index (χ1) is 12.3. The van der Waals surface area contributed by atoms with E-state index in [-0.39, 0.29) is 22.0 Å². The number of rotatable bonds is 4. The van der Waals surface area contributed by atoms with Gasteiger partial charge in [0.15, 0.2) is 0 Å². The molecule has 0 aliphatic carbocycles. The van der Waals surface area contributed by atoms with Gasteiger partial charge in [-0.25, -0.2) is 12.7 Å². The molecule has 0 spiro atoms. The van der Waals surface area contributed by atoms with E-state index in [1.807, 2.05) is 30.3 Å². The maximum absolute atomic E-state index is 12.5. The van der Waals surface area contributed by atoms with Crippen LogP contribution in [0, 0.1) is 5.92 Å². The highest BCUT2D eigenvalue weighted by atomic mass is 35.5. The van der Waals surface area contributed by atoms with Gasteiger partial charge in [0.05, 0.1) is 27.9 Å². The molecule has 0 saturated carbocycles. The Labute approximate surface area is 156 Å². The Morgan fingerprint density at radius 1 is 1.23 bits per heavy atom. The molecule has 6 nitrogen and oxygen atoms in total. The van der Waals surface area contributed by atoms with Gasteiger partial charge in [-0.2, -0.15) is 0 Å². The molecular weight excluding hydrogens is 376 g/mol. The first-order valence-electron chi connectivity index (χ1n) is 7.98. The fourth-order valence-corrected chi connectivity index (χ4v) is 4.79. The molecule has 1 aliphatic heterocycles. The van der Waals surface area contributed by atoms with Gasteiger partial charge in [-0.3, -0.25) is 9.59 Å². The summed E-state index contributed by atoms with van der Waals surface area (Å²) in [5, 5.41) is 2.92. The molecule has 3 rings (SSSR count). The van der Waals surface area contributed by atoms with E-state index < -0.39 is 27.8 Å². The monoisotopic (exact) mass is 392 g/mol. The molecule has 1 fully saturated rings. The second-order valence-electron chi connectivity index (χ2n) is 6.11. The third-order valence-corrected chi connectivity index (χ3v) is 6.28. The van der Waals surface area contributed by atoms with Crippen LogP contribution >= 0.6 is 11.6 Å². The summed E-state index contributed by atoms with van der Waals surface area (Å²) in [5.41, 5.74) is 1.15. The van der Waals surface area contributed by atoms with Crippen LogP contribution in [0.1, 0.15) is 22.8 Å². The topological polar surface area (TPSA) is 83.6 Å². The van der Waals surface area contributed by atoms with Gasteiger partial charge in [0.2, 0.25) is 15.9 Å². The lowest BCUT2D eigenvalue weighted by Gasteiger charge is -2.17. The third-order valence-electron chi connectivity index (χ3n) is 4.09. The number of anilines is 1. The van der Waals surface area contributed by atoms with Gasteiger partial charge in [0.1, 0.15) is 0 Å². The van der Waals surface area contributed by atoms with Crippen molar-refractivity contribution in [1.29, 1.82) is 0 Å². The number of nitrogens with zero attached hydrogens (tertiary/aromatic N) is 1. The number of nitrogens with one attached hydrogen (secondary N) is 1. The van der Waals surface area contributed by atoms with Crippen LogP contribution in [0.4, 0.5) is 5.69 Å². The highest BCUT2D eigenvalue weighted by Crippen LogP contribution is 2.31. The minimum absolute atomic E-state index is 0.114. The van der Waals surface area contributed by atoms with E-state index in [1.165, 1.54) is 18.2 Å². The van der Waals surface area contributed by atoms with Crippen molar-refractivity contribution in [1.82, 2.24) is 5.32 Å². The molecule has 26 heavy (non-hydrogen) atoms. The van der Waals surface area contributed by atoms with Crippen molar-refractivity contribution in [3.8, 4) is 0 Å². The Morgan fingerprint density at radius 3 is 2.54 bits per heavy atom. The Hall–Kier alpha value is -2.38. The Balaban J connectivity index is 1.86. The lowest BCUT2D eigenvalue weighted by Crippen LogP contribution is -2.31. The molecule has 2 aromatic rings. The molecular formula is C18H17ClN2O4S. The smallest absolute Gasteiger partial charge is 0.253 e. The molecule has 2 amide bonds. The number of carbonyl (C=O) groups excluding carboxylic acids is 2. The maximum atomic E-state index is 12.5. The highest BCUT2D eigenvalue weighted by Gasteiger charge is 2.42. The summed E-state index contributed by atoms with van der Waals surface area (Å²) in [6.45, 7) is 1.86. The number of halogens is 1. The molecule has 8 heteroatoms. The zero-order chi connectivity index (χ0) is 18.9. The summed E-state index contributed by atoms with van der Waals surface area (Å²) in [4.78, 5) is 24.7. The van der Waals surface area contributed by atoms with Gasteiger partial charge >= 0.3 is 0 Å². The molecule has 1 atom stereocenters. The van der Waals surface area contributed by atoms with Gasteiger partial charge in [-0.05, 0) is 23.8 Å². The van der Waals surface area contributed by atoms with Gasteiger partial charge in [-0.1, -0.05) is 48.9 Å². The van der Waals surface area contributed by atoms with Crippen LogP contribution < -0.4 is 9.62 Å². The van der Waals surface area contributed by atoms with E-state index in [4.69, 9.17) is 11.6 Å². The zero-order valence-corrected chi connectivity index (χ0v) is 15.5. The number of hydrogen-bond donors (Lipinski definition) is 1. The predicted octanol–water partition coefficient (Wildman–Crippen LogP) is 2.58. The van der Waals surface area contributed by atoms with Crippen LogP contribution in [0.15, 0.2) is 48.5 Å². The van der Waals surface area contributed by atoms with Crippen molar-refractivity contribution in [3.63, 3.8) is 0 Å². The molecule has 0 bridgehead atoms. The fraction of sp³-hybridized carbons (Fsp3) is 0.222. The van der Waals surface area contributed by atoms with Crippen molar-refractivity contribution < 1.29 is 18.0 Å². The first kappa shape index (κ1) is 18.4. The van der Waals surface area contributed by atoms with Crippen LogP contribution in [-0.2, 0) is 21.4 Å². The molecule has 1 aliphatic rings. The second-order valence-corrected chi connectivity index (χ2v) is 8.38. The SMILES string of the molecule is CC1CS(=O)(=O)N(c2ccc(Cl)c(C(=O)NCc3ccccc3)c2)C1=O. The molecule has 0 radical (unpaired) electrons. The van der Waals surface area contributed by atoms with Crippen LogP contribution in [0.5, 0.6) is 0 Å². The third kappa shape index (κ3) is 3.59. The number of sulfonamides is 1. The minimum atomic E-state index is -3.74. The van der Waals surface area contributed by atoms with E-state index in [9.17, 15) is 18.0 Å². The Bertz CT molecular complexity index is 960. The lowest BCUT2D eigenvalue weighted by atomic mass is 10.1. The standard InChI is InChI=1S/C18H17ClN2O4S/c1-12-11-26(24,25)21(18(12)23)14-7-8-16(19)15(9-14)17(22)20-10-13-5-3-2-4-6-13/h2-9,12H,10-11H2,1H3,(H,20,22). The average molecular weight is 393 g/mol. The number of amides is 2. The summed E-state index contributed by atoms with van der Waals surface area (Å²) in [6, 6.07) is 13.5. The van der Waals surface area contributed by atoms with Crippen molar-refractivity contribution in [2.45, 2.75) is 13.5 Å². The lowest BCUT2D eigenvalue weighted by molar-refractivity contribution is -0.119. The van der Waals surface area contributed by atoms with Crippen molar-refractivity contribution in [2.24, 2.45) is 5.92 Å². The zero-order valence-electron chi connectivity index (χ0n) is 14.0. The van der Waals surface area contributed by atoms with Crippen LogP contribution in [-0.4, -0.2) is 26.0 Å². The average Bonchev–Trinajstić information content (AvgIpc) is 2.81. The van der Waals surface area contributed by atoms with Crippen molar-refractivity contribution in [3.05, 3.63) is 64.7 Å². The van der Waals surface area contributed by atoms with Gasteiger partial charge in [-0.15, -0.1) is 0 Å². The fourth-order valence-electron chi connectivity index (χ4n) is 2.77. The quantitative estimate of drug-likeness (QED) is 0.866. The van der Waals surface area contributed by atoms with E-state index in [0.717, 1.165) is 9.87 Å². The number of benzene rings is 2. The summed E-state index contributed by atoms with van der Waals surface area (Å²) in [7, 11) is -3.74. The first-order valence-corrected chi connectivity index (χ1v) is 9.97. The molecule has 2 aromatic carbocycles. The summed E-state index contributed by atoms with van der Waals surface area (Å²) < 4.78 is 25.2. The number of carbonyl (C=O) groups is 2. The van der Waals surface area contributed by atoms with Crippen LogP contribution in [0.3, 0.4) is 0 Å². The Kier molecular flexibility index (Phi) is 5.02. The Morgan fingerprint density at radius 2 is 1.92 bits per heavy atom. The van der Waals surface area contributed by atoms with Gasteiger partial charge in [0, 0.05) is 6.54 Å². The summed E-state index contributed by atoms with van der Waals surface area (Å²) in [6.07, 6.45) is 0. The molecule has 0 aromatic heterocycles. The predicted molar refractivity (Wildman–Crippen MR) is 99.5 cm³/mol. The maximum Gasteiger partial charge on any atom is 0.253 e. The van der Waals surface area contributed by atoms with E-state index in [2.05, 4.69) is 5.32 Å². The molecule has 1 heterocycles. The molecule has 1 N–H and O–H groups in total. The largest absolute Gasteiger partial charge is 0.348 e. The number of hydrogen-bond acceptors (Lipinski definition) is 4. The van der Waals surface area contributed by atoms with Crippen molar-refractivity contribution >= 4 is 39.1 Å². The van der Waals surface area contributed by atoms with Crippen LogP contribution in [0.2, 0.25) is 5.02 Å². The van der Waals surface area contributed by atoms with E-state index >= 15 is 0 Å². The van der Waals surface area contributed by atoms with E-state index in [0.29, 0.717) is 6.54 Å².